The van der Waals surface area contributed by atoms with Gasteiger partial charge in [-0.25, -0.2) is 0 Å². The first kappa shape index (κ1) is 24.8. The summed E-state index contributed by atoms with van der Waals surface area (Å²) < 4.78 is 48.8. The van der Waals surface area contributed by atoms with Gasteiger partial charge in [0.1, 0.15) is 5.75 Å². The molecule has 0 spiro atoms. The molecule has 5 rings (SSSR count). The molecular formula is C27H26F3N5O2. The lowest BCUT2D eigenvalue weighted by Gasteiger charge is -2.33. The van der Waals surface area contributed by atoms with Gasteiger partial charge in [0, 0.05) is 24.5 Å². The molecule has 0 bridgehead atoms. The molecule has 0 amide bonds. The first-order valence-corrected chi connectivity index (χ1v) is 12.0. The van der Waals surface area contributed by atoms with Crippen LogP contribution in [0.15, 0.2) is 60.9 Å². The molecule has 1 atom stereocenters. The molecule has 7 nitrogen and oxygen atoms in total. The molecule has 0 saturated carbocycles. The van der Waals surface area contributed by atoms with Gasteiger partial charge in [-0.1, -0.05) is 26.0 Å². The number of aromatic nitrogens is 3. The molecule has 2 N–H and O–H groups in total. The van der Waals surface area contributed by atoms with E-state index in [2.05, 4.69) is 34.1 Å². The van der Waals surface area contributed by atoms with Crippen LogP contribution in [-0.4, -0.2) is 39.2 Å². The van der Waals surface area contributed by atoms with Gasteiger partial charge in [-0.05, 0) is 60.8 Å². The van der Waals surface area contributed by atoms with Gasteiger partial charge in [-0.2, -0.15) is 23.1 Å². The van der Waals surface area contributed by atoms with Gasteiger partial charge >= 0.3 is 12.2 Å². The number of halogens is 3. The second-order valence-electron chi connectivity index (χ2n) is 9.26. The Labute approximate surface area is 212 Å². The largest absolute Gasteiger partial charge is 0.493 e. The summed E-state index contributed by atoms with van der Waals surface area (Å²) >= 11 is 0. The second kappa shape index (κ2) is 9.85. The number of nitrogens with one attached hydrogen (secondary N) is 1. The quantitative estimate of drug-likeness (QED) is 0.322. The van der Waals surface area contributed by atoms with Crippen molar-refractivity contribution in [3.8, 4) is 17.6 Å². The highest BCUT2D eigenvalue weighted by Crippen LogP contribution is 2.43. The van der Waals surface area contributed by atoms with Gasteiger partial charge < -0.3 is 20.1 Å². The second-order valence-corrected chi connectivity index (χ2v) is 9.26. The minimum atomic E-state index is -4.65. The molecule has 1 saturated heterocycles. The normalized spacial score (nSPS) is 15.9. The molecule has 3 heterocycles. The van der Waals surface area contributed by atoms with Crippen LogP contribution in [-0.2, 0) is 6.18 Å². The summed E-state index contributed by atoms with van der Waals surface area (Å²) in [6.07, 6.45) is -1.05. The molecular weight excluding hydrogens is 483 g/mol. The van der Waals surface area contributed by atoms with Crippen molar-refractivity contribution in [3.63, 3.8) is 0 Å². The van der Waals surface area contributed by atoms with E-state index in [1.807, 2.05) is 24.3 Å². The fourth-order valence-corrected chi connectivity index (χ4v) is 4.54. The van der Waals surface area contributed by atoms with E-state index in [0.29, 0.717) is 35.5 Å². The van der Waals surface area contributed by atoms with Crippen LogP contribution in [0.1, 0.15) is 37.3 Å². The molecule has 4 aromatic rings. The number of anilines is 2. The topological polar surface area (TPSA) is 83.4 Å². The smallest absolute Gasteiger partial charge is 0.418 e. The van der Waals surface area contributed by atoms with Crippen LogP contribution in [0.2, 0.25) is 0 Å². The van der Waals surface area contributed by atoms with Crippen LogP contribution in [0, 0.1) is 0 Å². The van der Waals surface area contributed by atoms with Crippen molar-refractivity contribution >= 4 is 22.3 Å². The van der Waals surface area contributed by atoms with Crippen molar-refractivity contribution < 1.29 is 23.0 Å². The van der Waals surface area contributed by atoms with Crippen LogP contribution in [0.25, 0.3) is 10.9 Å². The van der Waals surface area contributed by atoms with Crippen molar-refractivity contribution in [3.05, 3.63) is 72.1 Å². The Balaban J connectivity index is 1.55. The summed E-state index contributed by atoms with van der Waals surface area (Å²) in [5.74, 6) is -0.136. The van der Waals surface area contributed by atoms with Gasteiger partial charge in [0.25, 0.3) is 0 Å². The number of benzene rings is 2. The van der Waals surface area contributed by atoms with Crippen LogP contribution < -0.4 is 15.0 Å². The van der Waals surface area contributed by atoms with E-state index >= 15 is 0 Å². The van der Waals surface area contributed by atoms with E-state index in [4.69, 9.17) is 4.74 Å². The zero-order chi connectivity index (χ0) is 26.2. The molecule has 0 radical (unpaired) electrons. The summed E-state index contributed by atoms with van der Waals surface area (Å²) in [6, 6.07) is 12.6. The lowest BCUT2D eigenvalue weighted by Crippen LogP contribution is -2.34. The summed E-state index contributed by atoms with van der Waals surface area (Å²) in [6.45, 7) is 5.44. The predicted octanol–water partition coefficient (Wildman–Crippen LogP) is 6.16. The van der Waals surface area contributed by atoms with Gasteiger partial charge in [-0.15, -0.1) is 0 Å². The minimum absolute atomic E-state index is 0.0392. The Morgan fingerprint density at radius 3 is 2.54 bits per heavy atom. The maximum Gasteiger partial charge on any atom is 0.418 e. The highest BCUT2D eigenvalue weighted by Gasteiger charge is 2.38. The third-order valence-corrected chi connectivity index (χ3v) is 6.44. The van der Waals surface area contributed by atoms with E-state index in [9.17, 15) is 18.3 Å². The molecule has 1 aliphatic heterocycles. The number of hydrogen-bond acceptors (Lipinski definition) is 7. The highest BCUT2D eigenvalue weighted by atomic mass is 19.4. The van der Waals surface area contributed by atoms with Crippen LogP contribution in [0.4, 0.5) is 24.5 Å². The molecule has 10 heteroatoms. The lowest BCUT2D eigenvalue weighted by atomic mass is 10.0. The lowest BCUT2D eigenvalue weighted by molar-refractivity contribution is -0.137. The van der Waals surface area contributed by atoms with Crippen LogP contribution in [0.3, 0.4) is 0 Å². The molecule has 1 fully saturated rings. The number of ether oxygens (including phenoxy) is 1. The zero-order valence-electron chi connectivity index (χ0n) is 20.3. The first-order valence-electron chi connectivity index (χ1n) is 12.0. The average molecular weight is 510 g/mol. The fraction of sp³-hybridized carbons (Fsp3) is 0.296. The fourth-order valence-electron chi connectivity index (χ4n) is 4.54. The summed E-state index contributed by atoms with van der Waals surface area (Å²) in [5.41, 5.74) is 1.31. The summed E-state index contributed by atoms with van der Waals surface area (Å²) in [7, 11) is 0. The predicted molar refractivity (Wildman–Crippen MR) is 134 cm³/mol. The molecule has 0 aliphatic carbocycles. The highest BCUT2D eigenvalue weighted by molar-refractivity contribution is 5.82. The van der Waals surface area contributed by atoms with Crippen LogP contribution in [0.5, 0.6) is 17.6 Å². The maximum atomic E-state index is 14.4. The van der Waals surface area contributed by atoms with Crippen molar-refractivity contribution in [2.24, 2.45) is 0 Å². The maximum absolute atomic E-state index is 14.4. The van der Waals surface area contributed by atoms with Crippen molar-refractivity contribution in [2.45, 2.75) is 38.4 Å². The van der Waals surface area contributed by atoms with E-state index < -0.39 is 11.7 Å². The third-order valence-electron chi connectivity index (χ3n) is 6.44. The number of pyridine rings is 1. The Bertz CT molecular complexity index is 1400. The number of hydrogen-bond donors (Lipinski definition) is 2. The Morgan fingerprint density at radius 1 is 1.08 bits per heavy atom. The van der Waals surface area contributed by atoms with E-state index in [-0.39, 0.29) is 29.4 Å². The van der Waals surface area contributed by atoms with E-state index in [1.54, 1.807) is 4.90 Å². The minimum Gasteiger partial charge on any atom is -0.493 e. The number of aromatic hydroxyl groups is 1. The van der Waals surface area contributed by atoms with Crippen molar-refractivity contribution in [1.82, 2.24) is 20.3 Å². The van der Waals surface area contributed by atoms with E-state index in [1.165, 1.54) is 30.6 Å². The molecule has 2 aromatic carbocycles. The van der Waals surface area contributed by atoms with Gasteiger partial charge in [0.15, 0.2) is 0 Å². The van der Waals surface area contributed by atoms with Crippen molar-refractivity contribution in [1.29, 1.82) is 0 Å². The monoisotopic (exact) mass is 509 g/mol. The molecule has 192 valence electrons. The third kappa shape index (κ3) is 5.15. The Hall–Kier alpha value is -3.92. The van der Waals surface area contributed by atoms with Gasteiger partial charge in [-0.3, -0.25) is 4.98 Å². The standard InChI is InChI=1S/C27H26F3N5O2/c1-16(2)17-3-5-18(6-4-17)35(19-9-11-31-14-19)24-8-7-20(13-22(24)27(28,29)30)37-26-33-23-15-32-12-10-21(23)25(36)34-26/h3-8,10,12-13,15-16,19,31H,9,11,14H2,1-2H3,(H,33,34,36). The van der Waals surface area contributed by atoms with Crippen LogP contribution >= 0.6 is 0 Å². The number of alkyl halides is 3. The first-order chi connectivity index (χ1) is 17.7. The zero-order valence-corrected chi connectivity index (χ0v) is 20.3. The SMILES string of the molecule is CC(C)c1ccc(N(c2ccc(Oc3nc(O)c4ccncc4n3)cc2C(F)(F)F)C2CCNC2)cc1. The van der Waals surface area contributed by atoms with E-state index in [0.717, 1.165) is 18.2 Å². The number of nitrogens with zero attached hydrogens (tertiary/aromatic N) is 4. The van der Waals surface area contributed by atoms with Gasteiger partial charge in [0.05, 0.1) is 28.4 Å². The molecule has 1 aliphatic rings. The number of fused-ring (bicyclic) bond motifs is 1. The van der Waals surface area contributed by atoms with Crippen molar-refractivity contribution in [2.75, 3.05) is 18.0 Å². The summed E-state index contributed by atoms with van der Waals surface area (Å²) in [4.78, 5) is 13.7. The average Bonchev–Trinajstić information content (AvgIpc) is 3.39. The molecule has 2 aromatic heterocycles. The molecule has 1 unspecified atom stereocenters. The Morgan fingerprint density at radius 2 is 1.86 bits per heavy atom. The summed E-state index contributed by atoms with van der Waals surface area (Å²) in [5, 5.41) is 13.8. The van der Waals surface area contributed by atoms with Gasteiger partial charge in [0.2, 0.25) is 5.88 Å². The molecule has 37 heavy (non-hydrogen) atoms. The number of rotatable bonds is 6. The Kier molecular flexibility index (Phi) is 6.59.